The summed E-state index contributed by atoms with van der Waals surface area (Å²) in [5.74, 6) is -0.154. The number of phosphoric acid groups is 1. The Balaban J connectivity index is 4.17. The van der Waals surface area contributed by atoms with Crippen molar-refractivity contribution in [1.29, 1.82) is 0 Å². The van der Waals surface area contributed by atoms with Crippen LogP contribution in [0.1, 0.15) is 264 Å². The molecule has 9 heteroatoms. The normalized spacial score (nSPS) is 14.5. The Bertz CT molecular complexity index is 1540. The van der Waals surface area contributed by atoms with E-state index in [0.29, 0.717) is 23.9 Å². The molecule has 434 valence electrons. The number of hydrogen-bond acceptors (Lipinski definition) is 5. The van der Waals surface area contributed by atoms with Crippen LogP contribution in [0, 0.1) is 0 Å². The summed E-state index contributed by atoms with van der Waals surface area (Å²) in [4.78, 5) is 23.4. The van der Waals surface area contributed by atoms with Gasteiger partial charge in [0.05, 0.1) is 39.9 Å². The maximum Gasteiger partial charge on any atom is 0.472 e. The van der Waals surface area contributed by atoms with Crippen LogP contribution in [0.4, 0.5) is 0 Å². The summed E-state index contributed by atoms with van der Waals surface area (Å²) in [5, 5.41) is 14.1. The van der Waals surface area contributed by atoms with Crippen molar-refractivity contribution in [3.8, 4) is 0 Å². The Morgan fingerprint density at radius 1 is 0.467 bits per heavy atom. The number of nitrogens with one attached hydrogen (secondary N) is 1. The number of phosphoric ester groups is 1. The number of carbonyl (C=O) groups is 1. The maximum atomic E-state index is 13.0. The number of aliphatic hydroxyl groups excluding tert-OH is 1. The lowest BCUT2D eigenvalue weighted by molar-refractivity contribution is -0.870. The molecule has 0 aliphatic heterocycles. The second-order valence-electron chi connectivity index (χ2n) is 22.1. The molecule has 0 aliphatic carbocycles. The molecule has 0 saturated heterocycles. The SMILES string of the molecule is CC/C=C\C/C=C\C/C=C\C/C=C\C/C=C\C/C=C\C/C=C\C/C=C\CCCCCCCCCCC(=O)NC(COP(=O)(O)OCC[N+](C)(C)C)C(O)CCCCCCCCCCCCCCCCCCCCCC. The molecule has 0 aromatic heterocycles. The summed E-state index contributed by atoms with van der Waals surface area (Å²) < 4.78 is 23.8. The Kier molecular flexibility index (Phi) is 54.2. The lowest BCUT2D eigenvalue weighted by atomic mass is 10.0. The number of nitrogens with zero attached hydrogens (tertiary/aromatic N) is 1. The van der Waals surface area contributed by atoms with Crippen molar-refractivity contribution in [1.82, 2.24) is 5.32 Å². The Hall–Kier alpha value is -2.58. The van der Waals surface area contributed by atoms with Crippen molar-refractivity contribution in [2.75, 3.05) is 40.9 Å². The van der Waals surface area contributed by atoms with Crippen LogP contribution >= 0.6 is 7.82 Å². The molecule has 3 N–H and O–H groups in total. The molecule has 0 fully saturated rings. The van der Waals surface area contributed by atoms with Crippen LogP contribution in [0.25, 0.3) is 0 Å². The number of aliphatic hydroxyl groups is 1. The molecule has 0 rings (SSSR count). The second-order valence-corrected chi connectivity index (χ2v) is 23.5. The quantitative estimate of drug-likeness (QED) is 0.0243. The van der Waals surface area contributed by atoms with E-state index in [9.17, 15) is 19.4 Å². The van der Waals surface area contributed by atoms with Crippen molar-refractivity contribution in [2.45, 2.75) is 276 Å². The van der Waals surface area contributed by atoms with Crippen LogP contribution in [0.3, 0.4) is 0 Å². The third kappa shape index (κ3) is 58.9. The summed E-state index contributed by atoms with van der Waals surface area (Å²) in [7, 11) is 1.60. The first-order valence-corrected chi connectivity index (χ1v) is 32.6. The van der Waals surface area contributed by atoms with Gasteiger partial charge in [-0.15, -0.1) is 0 Å². The zero-order chi connectivity index (χ0) is 54.9. The molecule has 0 aliphatic rings. The molecule has 0 bridgehead atoms. The highest BCUT2D eigenvalue weighted by Gasteiger charge is 2.28. The van der Waals surface area contributed by atoms with Crippen molar-refractivity contribution >= 4 is 13.7 Å². The van der Waals surface area contributed by atoms with Gasteiger partial charge in [0.1, 0.15) is 13.2 Å². The fraction of sp³-hybridized carbons (Fsp3) is 0.742. The summed E-state index contributed by atoms with van der Waals surface area (Å²) >= 11 is 0. The number of rotatable bonds is 56. The lowest BCUT2D eigenvalue weighted by Gasteiger charge is -2.26. The first kappa shape index (κ1) is 72.4. The zero-order valence-electron chi connectivity index (χ0n) is 49.5. The van der Waals surface area contributed by atoms with Crippen LogP contribution < -0.4 is 5.32 Å². The Labute approximate surface area is 464 Å². The van der Waals surface area contributed by atoms with Gasteiger partial charge in [-0.1, -0.05) is 278 Å². The van der Waals surface area contributed by atoms with Crippen LogP contribution in [-0.2, 0) is 18.4 Å². The molecule has 3 atom stereocenters. The standard InChI is InChI=1S/C66H119N2O6P/c1-6-8-10-12-14-16-18-20-22-24-26-28-29-30-31-32-33-34-35-36-37-38-39-40-42-44-46-48-50-52-54-56-58-60-66(70)67-64(63-74-75(71,72)73-62-61-68(3,4)5)65(69)59-57-55-53-51-49-47-45-43-41-27-25-23-21-19-17-15-13-11-9-7-2/h8,10,14,16,20,22,26,28,30-31,33-34,36-37,39-40,64-65,69H,6-7,9,11-13,15,17-19,21,23-25,27,29,32,35,38,41-63H2,1-5H3,(H-,67,70,71,72)/p+1/b10-8-,16-14-,22-20-,28-26-,31-30-,34-33-,37-36-,40-39-. The van der Waals surface area contributed by atoms with Crippen LogP contribution in [0.5, 0.6) is 0 Å². The molecule has 1 amide bonds. The third-order valence-corrected chi connectivity index (χ3v) is 14.6. The van der Waals surface area contributed by atoms with E-state index < -0.39 is 20.0 Å². The summed E-state index contributed by atoms with van der Waals surface area (Å²) in [5.41, 5.74) is 0. The molecule has 8 nitrogen and oxygen atoms in total. The molecule has 0 aromatic carbocycles. The van der Waals surface area contributed by atoms with E-state index >= 15 is 0 Å². The summed E-state index contributed by atoms with van der Waals surface area (Å²) in [6, 6.07) is -0.773. The molecular formula is C66H120N2O6P+. The van der Waals surface area contributed by atoms with E-state index in [1.165, 1.54) is 141 Å². The monoisotopic (exact) mass is 1070 g/mol. The van der Waals surface area contributed by atoms with Crippen LogP contribution in [0.2, 0.25) is 0 Å². The first-order valence-electron chi connectivity index (χ1n) is 31.1. The predicted molar refractivity (Wildman–Crippen MR) is 327 cm³/mol. The van der Waals surface area contributed by atoms with E-state index in [1.807, 2.05) is 21.1 Å². The zero-order valence-corrected chi connectivity index (χ0v) is 50.4. The molecule has 0 radical (unpaired) electrons. The number of allylic oxidation sites excluding steroid dienone is 16. The van der Waals surface area contributed by atoms with E-state index in [2.05, 4.69) is 116 Å². The Morgan fingerprint density at radius 2 is 0.800 bits per heavy atom. The van der Waals surface area contributed by atoms with Gasteiger partial charge in [-0.05, 0) is 77.0 Å². The van der Waals surface area contributed by atoms with E-state index in [1.54, 1.807) is 0 Å². The molecule has 3 unspecified atom stereocenters. The number of unbranched alkanes of at least 4 members (excludes halogenated alkanes) is 27. The lowest BCUT2D eigenvalue weighted by Crippen LogP contribution is -2.46. The van der Waals surface area contributed by atoms with E-state index in [0.717, 1.165) is 96.3 Å². The highest BCUT2D eigenvalue weighted by molar-refractivity contribution is 7.47. The second kappa shape index (κ2) is 56.2. The molecule has 0 heterocycles. The van der Waals surface area contributed by atoms with Gasteiger partial charge in [-0.3, -0.25) is 13.8 Å². The summed E-state index contributed by atoms with van der Waals surface area (Å²) in [6.45, 7) is 4.78. The minimum atomic E-state index is -4.33. The van der Waals surface area contributed by atoms with Gasteiger partial charge in [0.15, 0.2) is 0 Å². The van der Waals surface area contributed by atoms with Gasteiger partial charge in [0.25, 0.3) is 0 Å². The van der Waals surface area contributed by atoms with Gasteiger partial charge in [-0.2, -0.15) is 0 Å². The first-order chi connectivity index (χ1) is 36.5. The highest BCUT2D eigenvalue weighted by atomic mass is 31.2. The fourth-order valence-electron chi connectivity index (χ4n) is 8.77. The van der Waals surface area contributed by atoms with Crippen molar-refractivity contribution in [2.24, 2.45) is 0 Å². The molecule has 75 heavy (non-hydrogen) atoms. The summed E-state index contributed by atoms with van der Waals surface area (Å²) in [6.07, 6.45) is 80.4. The largest absolute Gasteiger partial charge is 0.472 e. The highest BCUT2D eigenvalue weighted by Crippen LogP contribution is 2.43. The minimum absolute atomic E-state index is 0.0688. The molecule has 0 spiro atoms. The van der Waals surface area contributed by atoms with E-state index in [4.69, 9.17) is 9.05 Å². The maximum absolute atomic E-state index is 13.0. The number of likely N-dealkylation sites (N-methyl/N-ethyl adjacent to an activating group) is 1. The fourth-order valence-corrected chi connectivity index (χ4v) is 9.51. The predicted octanol–water partition coefficient (Wildman–Crippen LogP) is 19.4. The average molecular weight is 1070 g/mol. The molecule has 0 saturated carbocycles. The number of quaternary nitrogens is 1. The number of amides is 1. The van der Waals surface area contributed by atoms with Gasteiger partial charge in [0.2, 0.25) is 5.91 Å². The minimum Gasteiger partial charge on any atom is -0.391 e. The number of hydrogen-bond donors (Lipinski definition) is 3. The van der Waals surface area contributed by atoms with Crippen LogP contribution in [0.15, 0.2) is 97.2 Å². The average Bonchev–Trinajstić information content (AvgIpc) is 3.37. The van der Waals surface area contributed by atoms with Gasteiger partial charge < -0.3 is 19.8 Å². The van der Waals surface area contributed by atoms with Crippen molar-refractivity contribution in [3.63, 3.8) is 0 Å². The molecule has 0 aromatic rings. The topological polar surface area (TPSA) is 105 Å². The van der Waals surface area contributed by atoms with Crippen molar-refractivity contribution < 1.29 is 32.9 Å². The van der Waals surface area contributed by atoms with Gasteiger partial charge in [0, 0.05) is 6.42 Å². The molecular weight excluding hydrogens is 948 g/mol. The van der Waals surface area contributed by atoms with E-state index in [-0.39, 0.29) is 19.1 Å². The van der Waals surface area contributed by atoms with Crippen LogP contribution in [-0.4, -0.2) is 73.4 Å². The van der Waals surface area contributed by atoms with Gasteiger partial charge >= 0.3 is 7.82 Å². The smallest absolute Gasteiger partial charge is 0.391 e. The Morgan fingerprint density at radius 3 is 1.17 bits per heavy atom. The van der Waals surface area contributed by atoms with Crippen molar-refractivity contribution in [3.05, 3.63) is 97.2 Å². The van der Waals surface area contributed by atoms with Gasteiger partial charge in [-0.25, -0.2) is 4.57 Å². The number of carbonyl (C=O) groups excluding carboxylic acids is 1. The third-order valence-electron chi connectivity index (χ3n) is 13.6.